The summed E-state index contributed by atoms with van der Waals surface area (Å²) in [5, 5.41) is 4.01. The van der Waals surface area contributed by atoms with E-state index < -0.39 is 11.9 Å². The molecular formula is C20H25F3N4O. The fourth-order valence-electron chi connectivity index (χ4n) is 4.34. The van der Waals surface area contributed by atoms with Crippen molar-refractivity contribution in [2.75, 3.05) is 13.1 Å². The predicted molar refractivity (Wildman–Crippen MR) is 98.2 cm³/mol. The fraction of sp³-hybridized carbons (Fsp3) is 0.650. The third-order valence-corrected chi connectivity index (χ3v) is 5.87. The fourth-order valence-corrected chi connectivity index (χ4v) is 4.34. The lowest BCUT2D eigenvalue weighted by Crippen LogP contribution is -2.32. The minimum Gasteiger partial charge on any atom is -0.337 e. The average molecular weight is 394 g/mol. The standard InChI is InChI=1S/C20H25F3N4O/c21-20(22,23)17-12-15(14-8-4-3-5-9-14)24-18-13-16(25-27(17)18)19(28)26-10-6-1-2-7-11-26/h12-14H,1-11H2. The van der Waals surface area contributed by atoms with Crippen molar-refractivity contribution in [3.63, 3.8) is 0 Å². The molecule has 1 aliphatic carbocycles. The third-order valence-electron chi connectivity index (χ3n) is 5.87. The van der Waals surface area contributed by atoms with Gasteiger partial charge in [-0.2, -0.15) is 18.3 Å². The molecule has 1 amide bonds. The summed E-state index contributed by atoms with van der Waals surface area (Å²) in [5.74, 6) is -0.265. The van der Waals surface area contributed by atoms with E-state index in [0.717, 1.165) is 68.4 Å². The summed E-state index contributed by atoms with van der Waals surface area (Å²) in [4.78, 5) is 19.0. The highest BCUT2D eigenvalue weighted by molar-refractivity contribution is 5.93. The topological polar surface area (TPSA) is 50.5 Å². The largest absolute Gasteiger partial charge is 0.433 e. The van der Waals surface area contributed by atoms with Crippen molar-refractivity contribution in [2.24, 2.45) is 0 Å². The monoisotopic (exact) mass is 394 g/mol. The maximum absolute atomic E-state index is 13.7. The van der Waals surface area contributed by atoms with Gasteiger partial charge >= 0.3 is 6.18 Å². The van der Waals surface area contributed by atoms with Crippen LogP contribution in [0.5, 0.6) is 0 Å². The van der Waals surface area contributed by atoms with E-state index in [1.54, 1.807) is 4.90 Å². The van der Waals surface area contributed by atoms with Gasteiger partial charge in [0.15, 0.2) is 11.3 Å². The maximum Gasteiger partial charge on any atom is 0.433 e. The molecule has 2 fully saturated rings. The summed E-state index contributed by atoms with van der Waals surface area (Å²) >= 11 is 0. The van der Waals surface area contributed by atoms with Crippen LogP contribution in [0.2, 0.25) is 0 Å². The number of amides is 1. The van der Waals surface area contributed by atoms with Gasteiger partial charge in [0, 0.05) is 30.8 Å². The summed E-state index contributed by atoms with van der Waals surface area (Å²) in [6.07, 6.45) is 4.26. The maximum atomic E-state index is 13.7. The van der Waals surface area contributed by atoms with E-state index >= 15 is 0 Å². The Balaban J connectivity index is 1.73. The van der Waals surface area contributed by atoms with Crippen LogP contribution in [0.1, 0.15) is 85.6 Å². The molecule has 0 unspecified atom stereocenters. The molecule has 5 nitrogen and oxygen atoms in total. The number of hydrogen-bond acceptors (Lipinski definition) is 3. The quantitative estimate of drug-likeness (QED) is 0.734. The van der Waals surface area contributed by atoms with Crippen LogP contribution in [-0.2, 0) is 6.18 Å². The van der Waals surface area contributed by atoms with Crippen molar-refractivity contribution in [3.8, 4) is 0 Å². The molecule has 0 atom stereocenters. The van der Waals surface area contributed by atoms with E-state index in [-0.39, 0.29) is 23.2 Å². The van der Waals surface area contributed by atoms with Crippen molar-refractivity contribution >= 4 is 11.6 Å². The van der Waals surface area contributed by atoms with Crippen LogP contribution in [0.3, 0.4) is 0 Å². The molecule has 3 heterocycles. The zero-order valence-electron chi connectivity index (χ0n) is 15.8. The number of hydrogen-bond donors (Lipinski definition) is 0. The molecule has 0 radical (unpaired) electrons. The molecule has 0 aromatic carbocycles. The lowest BCUT2D eigenvalue weighted by atomic mass is 9.86. The SMILES string of the molecule is O=C(c1cc2nc(C3CCCCC3)cc(C(F)(F)F)n2n1)N1CCCCCC1. The first-order chi connectivity index (χ1) is 13.4. The Morgan fingerprint density at radius 1 is 0.964 bits per heavy atom. The van der Waals surface area contributed by atoms with Gasteiger partial charge in [0.05, 0.1) is 0 Å². The van der Waals surface area contributed by atoms with Gasteiger partial charge in [-0.25, -0.2) is 9.50 Å². The lowest BCUT2D eigenvalue weighted by molar-refractivity contribution is -0.142. The Kier molecular flexibility index (Phi) is 5.29. The van der Waals surface area contributed by atoms with Crippen LogP contribution in [0.25, 0.3) is 5.65 Å². The molecule has 0 N–H and O–H groups in total. The van der Waals surface area contributed by atoms with Crippen LogP contribution in [0.4, 0.5) is 13.2 Å². The van der Waals surface area contributed by atoms with E-state index in [1.165, 1.54) is 6.07 Å². The number of carbonyl (C=O) groups excluding carboxylic acids is 1. The second-order valence-electron chi connectivity index (χ2n) is 7.90. The Morgan fingerprint density at radius 3 is 2.25 bits per heavy atom. The normalized spacial score (nSPS) is 19.8. The number of carbonyl (C=O) groups is 1. The van der Waals surface area contributed by atoms with Gasteiger partial charge in [-0.15, -0.1) is 0 Å². The summed E-state index contributed by atoms with van der Waals surface area (Å²) in [7, 11) is 0. The van der Waals surface area contributed by atoms with Crippen LogP contribution in [0.15, 0.2) is 12.1 Å². The van der Waals surface area contributed by atoms with E-state index in [2.05, 4.69) is 10.1 Å². The van der Waals surface area contributed by atoms with Crippen molar-refractivity contribution in [2.45, 2.75) is 69.9 Å². The number of likely N-dealkylation sites (tertiary alicyclic amines) is 1. The summed E-state index contributed by atoms with van der Waals surface area (Å²) in [5.41, 5.74) is -0.240. The molecular weight excluding hydrogens is 369 g/mol. The molecule has 2 aromatic rings. The average Bonchev–Trinajstić information content (AvgIpc) is 2.92. The highest BCUT2D eigenvalue weighted by Gasteiger charge is 2.36. The van der Waals surface area contributed by atoms with Gasteiger partial charge in [-0.3, -0.25) is 4.79 Å². The Labute approximate surface area is 161 Å². The first-order valence-corrected chi connectivity index (χ1v) is 10.2. The molecule has 1 saturated heterocycles. The number of alkyl halides is 3. The van der Waals surface area contributed by atoms with E-state index in [0.29, 0.717) is 18.8 Å². The number of aromatic nitrogens is 3. The van der Waals surface area contributed by atoms with Gasteiger partial charge in [0.25, 0.3) is 5.91 Å². The second kappa shape index (κ2) is 7.72. The first kappa shape index (κ1) is 19.2. The zero-order valence-corrected chi connectivity index (χ0v) is 15.8. The van der Waals surface area contributed by atoms with Crippen LogP contribution in [-0.4, -0.2) is 38.5 Å². The molecule has 2 aromatic heterocycles. The van der Waals surface area contributed by atoms with E-state index in [1.807, 2.05) is 0 Å². The molecule has 28 heavy (non-hydrogen) atoms. The van der Waals surface area contributed by atoms with Gasteiger partial charge in [0.1, 0.15) is 5.69 Å². The molecule has 0 spiro atoms. The van der Waals surface area contributed by atoms with Crippen LogP contribution in [0, 0.1) is 0 Å². The number of nitrogens with zero attached hydrogens (tertiary/aromatic N) is 4. The summed E-state index contributed by atoms with van der Waals surface area (Å²) in [6.45, 7) is 1.25. The van der Waals surface area contributed by atoms with Gasteiger partial charge < -0.3 is 4.90 Å². The second-order valence-corrected chi connectivity index (χ2v) is 7.90. The molecule has 1 aliphatic heterocycles. The molecule has 1 saturated carbocycles. The summed E-state index contributed by atoms with van der Waals surface area (Å²) < 4.78 is 41.9. The smallest absolute Gasteiger partial charge is 0.337 e. The Hall–Kier alpha value is -2.12. The molecule has 2 aliphatic rings. The molecule has 152 valence electrons. The van der Waals surface area contributed by atoms with E-state index in [9.17, 15) is 18.0 Å². The number of halogens is 3. The lowest BCUT2D eigenvalue weighted by Gasteiger charge is -2.22. The number of fused-ring (bicyclic) bond motifs is 1. The van der Waals surface area contributed by atoms with Crippen molar-refractivity contribution in [1.82, 2.24) is 19.5 Å². The zero-order chi connectivity index (χ0) is 19.7. The van der Waals surface area contributed by atoms with Gasteiger partial charge in [-0.05, 0) is 31.7 Å². The minimum atomic E-state index is -4.56. The van der Waals surface area contributed by atoms with Crippen molar-refractivity contribution < 1.29 is 18.0 Å². The van der Waals surface area contributed by atoms with Crippen LogP contribution < -0.4 is 0 Å². The van der Waals surface area contributed by atoms with Crippen molar-refractivity contribution in [1.29, 1.82) is 0 Å². The minimum absolute atomic E-state index is 0.0412. The predicted octanol–water partition coefficient (Wildman–Crippen LogP) is 4.81. The Morgan fingerprint density at radius 2 is 1.61 bits per heavy atom. The van der Waals surface area contributed by atoms with E-state index in [4.69, 9.17) is 0 Å². The summed E-state index contributed by atoms with van der Waals surface area (Å²) in [6, 6.07) is 2.53. The highest BCUT2D eigenvalue weighted by atomic mass is 19.4. The van der Waals surface area contributed by atoms with Crippen LogP contribution >= 0.6 is 0 Å². The molecule has 8 heteroatoms. The molecule has 0 bridgehead atoms. The highest BCUT2D eigenvalue weighted by Crippen LogP contribution is 2.36. The van der Waals surface area contributed by atoms with Gasteiger partial charge in [0.2, 0.25) is 0 Å². The Bertz CT molecular complexity index is 847. The third kappa shape index (κ3) is 3.86. The van der Waals surface area contributed by atoms with Crippen molar-refractivity contribution in [3.05, 3.63) is 29.2 Å². The number of rotatable bonds is 2. The van der Waals surface area contributed by atoms with Gasteiger partial charge in [-0.1, -0.05) is 32.1 Å². The first-order valence-electron chi connectivity index (χ1n) is 10.2. The molecule has 4 rings (SSSR count).